The summed E-state index contributed by atoms with van der Waals surface area (Å²) in [4.78, 5) is 11.7. The first-order valence-electron chi connectivity index (χ1n) is 8.12. The summed E-state index contributed by atoms with van der Waals surface area (Å²) in [6.45, 7) is 0.583. The number of sulfonamides is 1. The van der Waals surface area contributed by atoms with Crippen LogP contribution in [0, 0.1) is 0 Å². The molecule has 1 aromatic rings. The molecule has 2 N–H and O–H groups in total. The Morgan fingerprint density at radius 2 is 2.04 bits per heavy atom. The lowest BCUT2D eigenvalue weighted by molar-refractivity contribution is -0.123. The fourth-order valence-electron chi connectivity index (χ4n) is 2.58. The molecule has 0 heterocycles. The van der Waals surface area contributed by atoms with Gasteiger partial charge in [-0.05, 0) is 31.0 Å². The molecule has 1 aliphatic rings. The molecule has 1 fully saturated rings. The van der Waals surface area contributed by atoms with Crippen LogP contribution in [0.4, 0.5) is 0 Å². The fourth-order valence-corrected chi connectivity index (χ4v) is 4.21. The molecule has 2 rings (SSSR count). The largest absolute Gasteiger partial charge is 0.482 e. The van der Waals surface area contributed by atoms with Gasteiger partial charge in [-0.25, -0.2) is 13.1 Å². The first-order valence-corrected chi connectivity index (χ1v) is 9.99. The van der Waals surface area contributed by atoms with Crippen LogP contribution in [0.15, 0.2) is 23.1 Å². The van der Waals surface area contributed by atoms with Gasteiger partial charge in [0.1, 0.15) is 5.75 Å². The van der Waals surface area contributed by atoms with E-state index < -0.39 is 10.0 Å². The lowest BCUT2D eigenvalue weighted by Gasteiger charge is -2.14. The van der Waals surface area contributed by atoms with Crippen molar-refractivity contribution in [3.05, 3.63) is 23.2 Å². The van der Waals surface area contributed by atoms with Crippen LogP contribution in [0.1, 0.15) is 25.7 Å². The molecule has 1 amide bonds. The van der Waals surface area contributed by atoms with Crippen LogP contribution in [0.5, 0.6) is 5.75 Å². The van der Waals surface area contributed by atoms with Crippen molar-refractivity contribution in [3.8, 4) is 5.75 Å². The number of rotatable bonds is 9. The maximum Gasteiger partial charge on any atom is 0.258 e. The second-order valence-electron chi connectivity index (χ2n) is 5.83. The Morgan fingerprint density at radius 3 is 2.68 bits per heavy atom. The Kier molecular flexibility index (Phi) is 7.49. The van der Waals surface area contributed by atoms with Gasteiger partial charge in [0.15, 0.2) is 6.61 Å². The maximum absolute atomic E-state index is 12.4. The molecule has 0 aliphatic heterocycles. The smallest absolute Gasteiger partial charge is 0.258 e. The second-order valence-corrected chi connectivity index (χ2v) is 7.95. The molecule has 1 aliphatic carbocycles. The molecule has 9 heteroatoms. The monoisotopic (exact) mass is 390 g/mol. The summed E-state index contributed by atoms with van der Waals surface area (Å²) in [7, 11) is -2.07. The summed E-state index contributed by atoms with van der Waals surface area (Å²) in [6.07, 6.45) is 3.78. The Hall–Kier alpha value is -1.35. The van der Waals surface area contributed by atoms with Gasteiger partial charge in [0.2, 0.25) is 10.0 Å². The van der Waals surface area contributed by atoms with Crippen molar-refractivity contribution >= 4 is 27.5 Å². The quantitative estimate of drug-likeness (QED) is 0.626. The molecule has 25 heavy (non-hydrogen) atoms. The highest BCUT2D eigenvalue weighted by Gasteiger charge is 2.23. The van der Waals surface area contributed by atoms with Gasteiger partial charge < -0.3 is 14.8 Å². The number of halogens is 1. The Morgan fingerprint density at radius 1 is 1.32 bits per heavy atom. The standard InChI is InChI=1S/C16H23ClN2O5S/c1-23-9-8-18-16(20)11-24-15-7-6-13(10-14(15)17)25(21,22)19-12-4-2-3-5-12/h6-7,10,12,19H,2-5,8-9,11H2,1H3,(H,18,20). The molecule has 0 unspecified atom stereocenters. The van der Waals surface area contributed by atoms with Crippen molar-refractivity contribution in [2.75, 3.05) is 26.9 Å². The molecule has 0 atom stereocenters. The van der Waals surface area contributed by atoms with E-state index in [1.165, 1.54) is 18.2 Å². The summed E-state index contributed by atoms with van der Waals surface area (Å²) < 4.78 is 37.6. The van der Waals surface area contributed by atoms with E-state index in [1.807, 2.05) is 0 Å². The number of amides is 1. The van der Waals surface area contributed by atoms with E-state index in [0.29, 0.717) is 13.2 Å². The van der Waals surface area contributed by atoms with E-state index in [2.05, 4.69) is 10.0 Å². The molecular weight excluding hydrogens is 368 g/mol. The number of carbonyl (C=O) groups is 1. The SMILES string of the molecule is COCCNC(=O)COc1ccc(S(=O)(=O)NC2CCCC2)cc1Cl. The van der Waals surface area contributed by atoms with Crippen molar-refractivity contribution in [1.82, 2.24) is 10.0 Å². The molecular formula is C16H23ClN2O5S. The number of ether oxygens (including phenoxy) is 2. The minimum atomic E-state index is -3.61. The average molecular weight is 391 g/mol. The van der Waals surface area contributed by atoms with Gasteiger partial charge in [0.05, 0.1) is 16.5 Å². The topological polar surface area (TPSA) is 93.7 Å². The van der Waals surface area contributed by atoms with Crippen molar-refractivity contribution < 1.29 is 22.7 Å². The summed E-state index contributed by atoms with van der Waals surface area (Å²) in [5.74, 6) is -0.0592. The zero-order valence-electron chi connectivity index (χ0n) is 14.1. The van der Waals surface area contributed by atoms with Crippen LogP contribution in [0.2, 0.25) is 5.02 Å². The van der Waals surface area contributed by atoms with Crippen molar-refractivity contribution in [1.29, 1.82) is 0 Å². The highest BCUT2D eigenvalue weighted by atomic mass is 35.5. The molecule has 0 spiro atoms. The summed E-state index contributed by atoms with van der Waals surface area (Å²) in [6, 6.07) is 4.18. The molecule has 1 saturated carbocycles. The number of carbonyl (C=O) groups excluding carboxylic acids is 1. The minimum absolute atomic E-state index is 0.0181. The van der Waals surface area contributed by atoms with Gasteiger partial charge >= 0.3 is 0 Å². The maximum atomic E-state index is 12.4. The molecule has 1 aromatic carbocycles. The molecule has 140 valence electrons. The lowest BCUT2D eigenvalue weighted by Crippen LogP contribution is -2.32. The van der Waals surface area contributed by atoms with Gasteiger partial charge in [-0.3, -0.25) is 4.79 Å². The van der Waals surface area contributed by atoms with Gasteiger partial charge in [0, 0.05) is 19.7 Å². The zero-order valence-corrected chi connectivity index (χ0v) is 15.7. The van der Waals surface area contributed by atoms with Gasteiger partial charge in [-0.15, -0.1) is 0 Å². The van der Waals surface area contributed by atoms with Gasteiger partial charge in [-0.2, -0.15) is 0 Å². The Bertz CT molecular complexity index is 690. The summed E-state index contributed by atoms with van der Waals surface area (Å²) >= 11 is 6.09. The molecule has 7 nitrogen and oxygen atoms in total. The predicted octanol–water partition coefficient (Wildman–Crippen LogP) is 1.70. The van der Waals surface area contributed by atoms with E-state index in [-0.39, 0.29) is 34.2 Å². The Labute approximate surface area is 153 Å². The van der Waals surface area contributed by atoms with E-state index >= 15 is 0 Å². The first-order chi connectivity index (χ1) is 11.9. The lowest BCUT2D eigenvalue weighted by atomic mass is 10.3. The number of benzene rings is 1. The number of nitrogens with one attached hydrogen (secondary N) is 2. The number of hydrogen-bond acceptors (Lipinski definition) is 5. The van der Waals surface area contributed by atoms with E-state index in [4.69, 9.17) is 21.1 Å². The van der Waals surface area contributed by atoms with Crippen LogP contribution in [0.3, 0.4) is 0 Å². The minimum Gasteiger partial charge on any atom is -0.482 e. The van der Waals surface area contributed by atoms with Crippen LogP contribution in [0.25, 0.3) is 0 Å². The molecule has 0 radical (unpaired) electrons. The average Bonchev–Trinajstić information content (AvgIpc) is 3.06. The fraction of sp³-hybridized carbons (Fsp3) is 0.562. The van der Waals surface area contributed by atoms with Crippen LogP contribution >= 0.6 is 11.6 Å². The molecule has 0 bridgehead atoms. The van der Waals surface area contributed by atoms with Crippen LogP contribution in [-0.4, -0.2) is 47.2 Å². The highest BCUT2D eigenvalue weighted by Crippen LogP contribution is 2.28. The second kappa shape index (κ2) is 9.38. The van der Waals surface area contributed by atoms with Gasteiger partial charge in [-0.1, -0.05) is 24.4 Å². The van der Waals surface area contributed by atoms with E-state index in [1.54, 1.807) is 7.11 Å². The van der Waals surface area contributed by atoms with Crippen LogP contribution in [-0.2, 0) is 19.6 Å². The Balaban J connectivity index is 1.94. The summed E-state index contributed by atoms with van der Waals surface area (Å²) in [5, 5.41) is 2.75. The van der Waals surface area contributed by atoms with E-state index in [9.17, 15) is 13.2 Å². The van der Waals surface area contributed by atoms with Crippen LogP contribution < -0.4 is 14.8 Å². The first kappa shape index (κ1) is 20.0. The third-order valence-corrected chi connectivity index (χ3v) is 5.69. The third-order valence-electron chi connectivity index (χ3n) is 3.88. The normalized spacial score (nSPS) is 15.3. The summed E-state index contributed by atoms with van der Waals surface area (Å²) in [5.41, 5.74) is 0. The zero-order chi connectivity index (χ0) is 18.3. The van der Waals surface area contributed by atoms with E-state index in [0.717, 1.165) is 25.7 Å². The molecule has 0 saturated heterocycles. The van der Waals surface area contributed by atoms with Crippen molar-refractivity contribution in [2.45, 2.75) is 36.6 Å². The number of hydrogen-bond donors (Lipinski definition) is 2. The molecule has 0 aromatic heterocycles. The van der Waals surface area contributed by atoms with Crippen molar-refractivity contribution in [2.24, 2.45) is 0 Å². The predicted molar refractivity (Wildman–Crippen MR) is 94.4 cm³/mol. The van der Waals surface area contributed by atoms with Crippen molar-refractivity contribution in [3.63, 3.8) is 0 Å². The third kappa shape index (κ3) is 6.14. The highest BCUT2D eigenvalue weighted by molar-refractivity contribution is 7.89. The van der Waals surface area contributed by atoms with Gasteiger partial charge in [0.25, 0.3) is 5.91 Å². The number of methoxy groups -OCH3 is 1.